The van der Waals surface area contributed by atoms with Gasteiger partial charge in [-0.05, 0) is 41.5 Å². The molecule has 0 saturated carbocycles. The average molecular weight is 392 g/mol. The van der Waals surface area contributed by atoms with Gasteiger partial charge in [-0.15, -0.1) is 0 Å². The van der Waals surface area contributed by atoms with Crippen molar-refractivity contribution in [1.82, 2.24) is 0 Å². The monoisotopic (exact) mass is 392 g/mol. The predicted molar refractivity (Wildman–Crippen MR) is 133 cm³/mol. The first-order valence-electron chi connectivity index (χ1n) is 11.9. The number of hydrogen-bond donors (Lipinski definition) is 0. The summed E-state index contributed by atoms with van der Waals surface area (Å²) < 4.78 is 20.3. The van der Waals surface area contributed by atoms with E-state index in [2.05, 4.69) is 73.2 Å². The first kappa shape index (κ1) is 17.2. The van der Waals surface area contributed by atoms with Crippen molar-refractivity contribution in [3.63, 3.8) is 0 Å². The van der Waals surface area contributed by atoms with Crippen LogP contribution in [0.15, 0.2) is 54.6 Å². The van der Waals surface area contributed by atoms with Gasteiger partial charge in [-0.25, -0.2) is 0 Å². The Morgan fingerprint density at radius 2 is 1.33 bits per heavy atom. The fourth-order valence-electron chi connectivity index (χ4n) is 5.68. The van der Waals surface area contributed by atoms with E-state index in [1.807, 2.05) is 33.8 Å². The van der Waals surface area contributed by atoms with Crippen LogP contribution in [0, 0.1) is 6.92 Å². The van der Waals surface area contributed by atoms with Crippen LogP contribution in [0.1, 0.15) is 64.5 Å². The minimum absolute atomic E-state index is 0.0106. The second-order valence-corrected chi connectivity index (χ2v) is 9.32. The lowest BCUT2D eigenvalue weighted by Gasteiger charge is -2.31. The Hall–Kier alpha value is -2.54. The van der Waals surface area contributed by atoms with Crippen molar-refractivity contribution in [3.05, 3.63) is 76.9 Å². The molecular formula is C27H30B2N+. The largest absolute Gasteiger partial charge is 0.553 e. The number of nitrogens with zero attached hydrogens (tertiary/aromatic N) is 1. The van der Waals surface area contributed by atoms with Crippen molar-refractivity contribution in [2.45, 2.75) is 46.4 Å². The zero-order chi connectivity index (χ0) is 23.0. The lowest BCUT2D eigenvalue weighted by Crippen LogP contribution is -2.74. The molecule has 0 spiro atoms. The van der Waals surface area contributed by atoms with Gasteiger partial charge >= 0.3 is 6.85 Å². The minimum Gasteiger partial charge on any atom is -0.315 e. The predicted octanol–water partition coefficient (Wildman–Crippen LogP) is 2.25. The molecule has 0 bridgehead atoms. The molecule has 0 saturated heterocycles. The van der Waals surface area contributed by atoms with Crippen molar-refractivity contribution >= 4 is 47.1 Å². The Morgan fingerprint density at radius 3 is 1.97 bits per heavy atom. The molecular weight excluding hydrogens is 360 g/mol. The Balaban J connectivity index is 1.93. The highest BCUT2D eigenvalue weighted by molar-refractivity contribution is 7.07. The van der Waals surface area contributed by atoms with Crippen LogP contribution in [0.25, 0.3) is 0 Å². The van der Waals surface area contributed by atoms with Crippen LogP contribution in [0.4, 0.5) is 0 Å². The third kappa shape index (κ3) is 2.68. The number of aryl methyl sites for hydroxylation is 1. The summed E-state index contributed by atoms with van der Waals surface area (Å²) in [6.07, 6.45) is 2.26. The minimum atomic E-state index is -0.766. The highest BCUT2D eigenvalue weighted by Crippen LogP contribution is 2.21. The summed E-state index contributed by atoms with van der Waals surface area (Å²) in [5, 5.41) is 0. The first-order chi connectivity index (χ1) is 15.0. The van der Waals surface area contributed by atoms with E-state index in [0.717, 1.165) is 16.6 Å². The van der Waals surface area contributed by atoms with E-state index in [1.165, 1.54) is 33.0 Å². The number of fused-ring (bicyclic) bond motifs is 2. The van der Waals surface area contributed by atoms with E-state index in [-0.39, 0.29) is 13.6 Å². The molecule has 0 unspecified atom stereocenters. The molecule has 3 aromatic rings. The van der Waals surface area contributed by atoms with Crippen LogP contribution >= 0.6 is 0 Å². The van der Waals surface area contributed by atoms with Gasteiger partial charge in [-0.2, -0.15) is 0 Å². The fourth-order valence-corrected chi connectivity index (χ4v) is 5.68. The number of benzene rings is 3. The Labute approximate surface area is 184 Å². The van der Waals surface area contributed by atoms with Crippen molar-refractivity contribution in [1.29, 1.82) is 0 Å². The molecule has 0 aromatic heterocycles. The summed E-state index contributed by atoms with van der Waals surface area (Å²) in [6, 6.07) is 19.5. The van der Waals surface area contributed by atoms with Crippen LogP contribution in [0.5, 0.6) is 0 Å². The highest BCUT2D eigenvalue weighted by atomic mass is 14.9. The molecule has 30 heavy (non-hydrogen) atoms. The van der Waals surface area contributed by atoms with Crippen LogP contribution in [-0.4, -0.2) is 31.3 Å². The van der Waals surface area contributed by atoms with Gasteiger partial charge < -0.3 is 4.49 Å². The lowest BCUT2D eigenvalue weighted by molar-refractivity contribution is -0.338. The summed E-state index contributed by atoms with van der Waals surface area (Å²) in [7, 11) is 2.17. The average Bonchev–Trinajstić information content (AvgIpc) is 3.04. The number of rotatable bonds is 3. The molecule has 0 fully saturated rings. The molecule has 0 atom stereocenters. The van der Waals surface area contributed by atoms with E-state index in [0.29, 0.717) is 0 Å². The zero-order valence-corrected chi connectivity index (χ0v) is 18.9. The van der Waals surface area contributed by atoms with Crippen molar-refractivity contribution < 1.29 is 7.23 Å². The molecule has 148 valence electrons. The van der Waals surface area contributed by atoms with Gasteiger partial charge in [0.25, 0.3) is 0 Å². The molecule has 5 rings (SSSR count). The summed E-state index contributed by atoms with van der Waals surface area (Å²) in [6.45, 7) is 10.3. The normalized spacial score (nSPS) is 16.0. The third-order valence-corrected chi connectivity index (χ3v) is 6.92. The van der Waals surface area contributed by atoms with E-state index in [1.54, 1.807) is 0 Å². The Kier molecular flexibility index (Phi) is 4.01. The summed E-state index contributed by atoms with van der Waals surface area (Å²) >= 11 is 0. The van der Waals surface area contributed by atoms with Gasteiger partial charge in [0, 0.05) is 19.2 Å². The molecule has 3 aromatic carbocycles. The van der Waals surface area contributed by atoms with Gasteiger partial charge in [-0.3, -0.25) is 0 Å². The summed E-state index contributed by atoms with van der Waals surface area (Å²) in [4.78, 5) is 0. The fraction of sp³-hybridized carbons (Fsp3) is 0.296. The maximum Gasteiger partial charge on any atom is 0.553 e. The zero-order valence-electron chi connectivity index (χ0n) is 20.9. The molecule has 0 N–H and O–H groups in total. The second-order valence-electron chi connectivity index (χ2n) is 9.32. The molecule has 2 aliphatic rings. The highest BCUT2D eigenvalue weighted by Gasteiger charge is 2.51. The van der Waals surface area contributed by atoms with E-state index < -0.39 is 11.8 Å². The van der Waals surface area contributed by atoms with Crippen LogP contribution in [0.2, 0.25) is 0 Å². The van der Waals surface area contributed by atoms with Crippen molar-refractivity contribution in [2.75, 3.05) is 7.05 Å². The van der Waals surface area contributed by atoms with Gasteiger partial charge in [0.05, 0.1) is 0 Å². The van der Waals surface area contributed by atoms with Gasteiger partial charge in [0.15, 0.2) is 0 Å². The lowest BCUT2D eigenvalue weighted by atomic mass is 9.24. The third-order valence-electron chi connectivity index (χ3n) is 6.92. The quantitative estimate of drug-likeness (QED) is 0.602. The molecule has 0 amide bonds. The summed E-state index contributed by atoms with van der Waals surface area (Å²) in [5.41, 5.74) is 11.1. The molecule has 2 heterocycles. The molecule has 3 heteroatoms. The van der Waals surface area contributed by atoms with Gasteiger partial charge in [-0.1, -0.05) is 92.6 Å². The maximum atomic E-state index is 8.99. The Morgan fingerprint density at radius 1 is 0.767 bits per heavy atom. The van der Waals surface area contributed by atoms with Gasteiger partial charge in [0.1, 0.15) is 13.3 Å². The van der Waals surface area contributed by atoms with E-state index in [9.17, 15) is 0 Å². The molecule has 1 nitrogen and oxygen atoms in total. The molecule has 2 aliphatic heterocycles. The van der Waals surface area contributed by atoms with Gasteiger partial charge in [0.2, 0.25) is 6.71 Å². The molecule has 0 aliphatic carbocycles. The smallest absolute Gasteiger partial charge is 0.315 e. The Bertz CT molecular complexity index is 1250. The van der Waals surface area contributed by atoms with Crippen LogP contribution < -0.4 is 27.3 Å². The number of hydrogen-bond acceptors (Lipinski definition) is 0. The summed E-state index contributed by atoms with van der Waals surface area (Å²) in [5.74, 6) is -1.53. The first-order valence-corrected chi connectivity index (χ1v) is 10.9. The molecule has 0 radical (unpaired) electrons. The second kappa shape index (κ2) is 7.01. The van der Waals surface area contributed by atoms with Crippen molar-refractivity contribution in [2.24, 2.45) is 0 Å². The van der Waals surface area contributed by atoms with Crippen molar-refractivity contribution in [3.8, 4) is 0 Å². The standard InChI is InChI=1S/C27H30B2N/c1-17(2)21-12-9-13-22(18(3)4)27(21)28-23-14-7-10-19(5)25(23)29-26-20(16-30(29)6)11-8-15-24(26)28/h7-18H,1-6H3/q+1/i17D,18D. The van der Waals surface area contributed by atoms with Crippen LogP contribution in [-0.2, 0) is 0 Å². The van der Waals surface area contributed by atoms with E-state index in [4.69, 9.17) is 2.74 Å². The SMILES string of the molecule is [2H]C(C)(C)c1cccc(C([2H])(C)C)c1B1c2cccc(C)c2B2c3c(cccc31)C=[N+]2C. The van der Waals surface area contributed by atoms with E-state index >= 15 is 0 Å². The van der Waals surface area contributed by atoms with Crippen LogP contribution in [0.3, 0.4) is 0 Å². The topological polar surface area (TPSA) is 3.01 Å². The maximum absolute atomic E-state index is 8.99.